The van der Waals surface area contributed by atoms with Crippen molar-refractivity contribution < 1.29 is 9.90 Å². The van der Waals surface area contributed by atoms with Crippen LogP contribution in [0.3, 0.4) is 0 Å². The summed E-state index contributed by atoms with van der Waals surface area (Å²) < 4.78 is 0. The van der Waals surface area contributed by atoms with E-state index in [4.69, 9.17) is 5.11 Å². The molecule has 0 aliphatic carbocycles. The molecule has 3 heteroatoms. The maximum absolute atomic E-state index is 10.2. The third-order valence-corrected chi connectivity index (χ3v) is 1.51. The van der Waals surface area contributed by atoms with Gasteiger partial charge in [0.05, 0.1) is 0 Å². The summed E-state index contributed by atoms with van der Waals surface area (Å²) in [6.45, 7) is 5.49. The molecule has 1 aliphatic heterocycles. The van der Waals surface area contributed by atoms with Crippen LogP contribution in [0.25, 0.3) is 0 Å². The summed E-state index contributed by atoms with van der Waals surface area (Å²) in [7, 11) is 0. The Hall–Kier alpha value is -0.730. The fourth-order valence-corrected chi connectivity index (χ4v) is 1.12. The number of likely N-dealkylation sites (tertiary alicyclic amines) is 1. The molecule has 1 N–H and O–H groups in total. The number of nitrogens with zero attached hydrogens (tertiary/aromatic N) is 1. The van der Waals surface area contributed by atoms with Gasteiger partial charge in [0, 0.05) is 18.5 Å². The Labute approximate surface area is 54.3 Å². The van der Waals surface area contributed by atoms with Gasteiger partial charge >= 0.3 is 6.09 Å². The van der Waals surface area contributed by atoms with Crippen molar-refractivity contribution in [2.45, 2.75) is 13.8 Å². The van der Waals surface area contributed by atoms with Gasteiger partial charge in [-0.15, -0.1) is 0 Å². The highest BCUT2D eigenvalue weighted by molar-refractivity contribution is 5.66. The molecule has 0 bridgehead atoms. The molecular weight excluding hydrogens is 118 g/mol. The Morgan fingerprint density at radius 2 is 2.00 bits per heavy atom. The van der Waals surface area contributed by atoms with Crippen LogP contribution in [0.2, 0.25) is 0 Å². The molecule has 1 saturated heterocycles. The van der Waals surface area contributed by atoms with Crippen LogP contribution >= 0.6 is 0 Å². The molecule has 0 unspecified atom stereocenters. The van der Waals surface area contributed by atoms with Crippen LogP contribution in [0, 0.1) is 5.41 Å². The summed E-state index contributed by atoms with van der Waals surface area (Å²) in [5, 5.41) is 8.39. The number of hydrogen-bond acceptors (Lipinski definition) is 1. The van der Waals surface area contributed by atoms with Crippen molar-refractivity contribution in [2.75, 3.05) is 13.1 Å². The predicted molar refractivity (Wildman–Crippen MR) is 33.4 cm³/mol. The molecule has 0 aromatic carbocycles. The van der Waals surface area contributed by atoms with E-state index in [1.54, 1.807) is 0 Å². The Kier molecular flexibility index (Phi) is 1.15. The quantitative estimate of drug-likeness (QED) is 0.530. The van der Waals surface area contributed by atoms with Crippen molar-refractivity contribution in [1.29, 1.82) is 0 Å². The van der Waals surface area contributed by atoms with Gasteiger partial charge in [0.1, 0.15) is 0 Å². The lowest BCUT2D eigenvalue weighted by Crippen LogP contribution is -2.54. The first-order chi connectivity index (χ1) is 4.01. The van der Waals surface area contributed by atoms with Crippen molar-refractivity contribution in [3.8, 4) is 0 Å². The van der Waals surface area contributed by atoms with E-state index < -0.39 is 6.09 Å². The zero-order chi connectivity index (χ0) is 7.07. The highest BCUT2D eigenvalue weighted by Gasteiger charge is 2.36. The summed E-state index contributed by atoms with van der Waals surface area (Å²) in [5.74, 6) is 0. The predicted octanol–water partition coefficient (Wildman–Crippen LogP) is 1.01. The van der Waals surface area contributed by atoms with Crippen LogP contribution in [-0.4, -0.2) is 29.2 Å². The van der Waals surface area contributed by atoms with Crippen molar-refractivity contribution in [1.82, 2.24) is 4.90 Å². The average Bonchev–Trinajstić information content (AvgIpc) is 1.59. The van der Waals surface area contributed by atoms with Crippen molar-refractivity contribution in [3.63, 3.8) is 0 Å². The van der Waals surface area contributed by atoms with E-state index >= 15 is 0 Å². The van der Waals surface area contributed by atoms with Crippen LogP contribution in [-0.2, 0) is 0 Å². The van der Waals surface area contributed by atoms with Crippen LogP contribution in [0.1, 0.15) is 13.8 Å². The lowest BCUT2D eigenvalue weighted by molar-refractivity contribution is 0.0352. The first-order valence-electron chi connectivity index (χ1n) is 2.99. The normalized spacial score (nSPS) is 23.1. The summed E-state index contributed by atoms with van der Waals surface area (Å²) in [4.78, 5) is 11.6. The number of amides is 1. The molecule has 1 rings (SSSR count). The van der Waals surface area contributed by atoms with E-state index in [-0.39, 0.29) is 5.41 Å². The van der Waals surface area contributed by atoms with Gasteiger partial charge in [-0.2, -0.15) is 0 Å². The van der Waals surface area contributed by atoms with Gasteiger partial charge in [-0.1, -0.05) is 13.8 Å². The molecule has 0 atom stereocenters. The maximum atomic E-state index is 10.2. The highest BCUT2D eigenvalue weighted by Crippen LogP contribution is 2.27. The van der Waals surface area contributed by atoms with E-state index in [0.717, 1.165) is 0 Å². The molecule has 1 aliphatic rings. The second kappa shape index (κ2) is 1.62. The van der Waals surface area contributed by atoms with E-state index in [9.17, 15) is 4.79 Å². The largest absolute Gasteiger partial charge is 0.465 e. The molecule has 0 saturated carbocycles. The lowest BCUT2D eigenvalue weighted by atomic mass is 9.85. The standard InChI is InChI=1S/C6H11NO2/c1-6(2)3-7(4-6)5(8)9/h3-4H2,1-2H3,(H,8,9). The number of hydrogen-bond donors (Lipinski definition) is 1. The number of rotatable bonds is 0. The number of carboxylic acid groups (broad SMARTS) is 1. The molecule has 1 amide bonds. The molecule has 9 heavy (non-hydrogen) atoms. The molecule has 0 radical (unpaired) electrons. The molecular formula is C6H11NO2. The summed E-state index contributed by atoms with van der Waals surface area (Å²) in [5.41, 5.74) is 0.221. The van der Waals surface area contributed by atoms with Gasteiger partial charge in [-0.05, 0) is 0 Å². The first-order valence-corrected chi connectivity index (χ1v) is 2.99. The Morgan fingerprint density at radius 3 is 2.11 bits per heavy atom. The fraction of sp³-hybridized carbons (Fsp3) is 0.833. The molecule has 1 fully saturated rings. The van der Waals surface area contributed by atoms with Crippen molar-refractivity contribution in [3.05, 3.63) is 0 Å². The van der Waals surface area contributed by atoms with Gasteiger partial charge in [-0.3, -0.25) is 0 Å². The third kappa shape index (κ3) is 1.15. The average molecular weight is 129 g/mol. The lowest BCUT2D eigenvalue weighted by Gasteiger charge is -2.43. The monoisotopic (exact) mass is 129 g/mol. The van der Waals surface area contributed by atoms with Crippen LogP contribution in [0.5, 0.6) is 0 Å². The topological polar surface area (TPSA) is 40.5 Å². The van der Waals surface area contributed by atoms with Gasteiger partial charge in [-0.25, -0.2) is 4.79 Å². The second-order valence-corrected chi connectivity index (χ2v) is 3.30. The summed E-state index contributed by atoms with van der Waals surface area (Å²) in [6.07, 6.45) is -0.797. The Bertz CT molecular complexity index is 134. The maximum Gasteiger partial charge on any atom is 0.407 e. The second-order valence-electron chi connectivity index (χ2n) is 3.30. The van der Waals surface area contributed by atoms with Gasteiger partial charge in [0.25, 0.3) is 0 Å². The zero-order valence-corrected chi connectivity index (χ0v) is 5.72. The smallest absolute Gasteiger partial charge is 0.407 e. The number of carbonyl (C=O) groups is 1. The van der Waals surface area contributed by atoms with E-state index in [1.807, 2.05) is 0 Å². The zero-order valence-electron chi connectivity index (χ0n) is 5.72. The van der Waals surface area contributed by atoms with E-state index in [0.29, 0.717) is 13.1 Å². The minimum atomic E-state index is -0.797. The van der Waals surface area contributed by atoms with Gasteiger partial charge in [0.15, 0.2) is 0 Å². The van der Waals surface area contributed by atoms with Crippen LogP contribution in [0.4, 0.5) is 4.79 Å². The fourth-order valence-electron chi connectivity index (χ4n) is 1.12. The molecule has 0 aromatic rings. The first kappa shape index (κ1) is 6.39. The minimum absolute atomic E-state index is 0.221. The van der Waals surface area contributed by atoms with Crippen molar-refractivity contribution in [2.24, 2.45) is 5.41 Å². The van der Waals surface area contributed by atoms with Crippen LogP contribution in [0.15, 0.2) is 0 Å². The highest BCUT2D eigenvalue weighted by atomic mass is 16.4. The molecule has 0 aromatic heterocycles. The third-order valence-electron chi connectivity index (χ3n) is 1.51. The molecule has 0 spiro atoms. The van der Waals surface area contributed by atoms with Crippen molar-refractivity contribution >= 4 is 6.09 Å². The van der Waals surface area contributed by atoms with Gasteiger partial charge in [0.2, 0.25) is 0 Å². The van der Waals surface area contributed by atoms with Crippen LogP contribution < -0.4 is 0 Å². The summed E-state index contributed by atoms with van der Waals surface area (Å²) in [6, 6.07) is 0. The minimum Gasteiger partial charge on any atom is -0.465 e. The van der Waals surface area contributed by atoms with Gasteiger partial charge < -0.3 is 10.0 Å². The van der Waals surface area contributed by atoms with E-state index in [2.05, 4.69) is 13.8 Å². The SMILES string of the molecule is CC1(C)CN(C(=O)O)C1. The Balaban J connectivity index is 2.35. The molecule has 52 valence electrons. The Morgan fingerprint density at radius 1 is 1.56 bits per heavy atom. The molecule has 3 nitrogen and oxygen atoms in total. The van der Waals surface area contributed by atoms with E-state index in [1.165, 1.54) is 4.90 Å². The molecule has 1 heterocycles. The summed E-state index contributed by atoms with van der Waals surface area (Å²) >= 11 is 0.